The van der Waals surface area contributed by atoms with Gasteiger partial charge in [0.1, 0.15) is 0 Å². The van der Waals surface area contributed by atoms with Crippen molar-refractivity contribution in [2.24, 2.45) is 0 Å². The predicted molar refractivity (Wildman–Crippen MR) is 102 cm³/mol. The van der Waals surface area contributed by atoms with Gasteiger partial charge >= 0.3 is 12.0 Å². The molecule has 27 heavy (non-hydrogen) atoms. The third-order valence-electron chi connectivity index (χ3n) is 4.86. The summed E-state index contributed by atoms with van der Waals surface area (Å²) in [6, 6.07) is 3.75. The van der Waals surface area contributed by atoms with Gasteiger partial charge in [-0.15, -0.1) is 0 Å². The fourth-order valence-corrected chi connectivity index (χ4v) is 3.01. The lowest BCUT2D eigenvalue weighted by Crippen LogP contribution is -2.56. The summed E-state index contributed by atoms with van der Waals surface area (Å²) >= 11 is 0. The summed E-state index contributed by atoms with van der Waals surface area (Å²) in [6.45, 7) is 7.11. The largest absolute Gasteiger partial charge is 0.480 e. The van der Waals surface area contributed by atoms with Crippen LogP contribution in [0.2, 0.25) is 0 Å². The Kier molecular flexibility index (Phi) is 7.84. The topological polar surface area (TPSA) is 104 Å². The van der Waals surface area contributed by atoms with Crippen molar-refractivity contribution in [1.82, 2.24) is 20.5 Å². The Labute approximate surface area is 160 Å². The molecule has 1 atom stereocenters. The average molecular weight is 378 g/mol. The van der Waals surface area contributed by atoms with Gasteiger partial charge in [-0.3, -0.25) is 9.69 Å². The Bertz CT molecular complexity index is 634. The van der Waals surface area contributed by atoms with Crippen LogP contribution < -0.4 is 15.4 Å². The van der Waals surface area contributed by atoms with E-state index in [0.29, 0.717) is 19.0 Å². The fourth-order valence-electron chi connectivity index (χ4n) is 3.01. The predicted octanol–water partition coefficient (Wildman–Crippen LogP) is 2.00. The molecule has 0 aromatic carbocycles. The first-order valence-corrected chi connectivity index (χ1v) is 9.53. The number of hydrogen-bond donors (Lipinski definition) is 3. The van der Waals surface area contributed by atoms with Crippen molar-refractivity contribution in [2.45, 2.75) is 64.8 Å². The fraction of sp³-hybridized carbons (Fsp3) is 0.632. The van der Waals surface area contributed by atoms with Crippen molar-refractivity contribution in [3.8, 4) is 5.88 Å². The maximum atomic E-state index is 12.1. The summed E-state index contributed by atoms with van der Waals surface area (Å²) in [7, 11) is 0. The van der Waals surface area contributed by atoms with Crippen LogP contribution in [-0.4, -0.2) is 58.3 Å². The number of nitrogens with one attached hydrogen (secondary N) is 2. The molecule has 150 valence electrons. The minimum atomic E-state index is -0.819. The quantitative estimate of drug-likeness (QED) is 0.575. The van der Waals surface area contributed by atoms with Crippen LogP contribution in [0, 0.1) is 0 Å². The SMILES string of the molecule is CCC(C)Oc1cc(CNC(=O)NC2CC(N(CC)CC(=O)O)C2)ccn1. The maximum absolute atomic E-state index is 12.1. The van der Waals surface area contributed by atoms with Gasteiger partial charge in [0.2, 0.25) is 5.88 Å². The Balaban J connectivity index is 1.71. The van der Waals surface area contributed by atoms with Gasteiger partial charge in [-0.1, -0.05) is 13.8 Å². The molecule has 0 bridgehead atoms. The van der Waals surface area contributed by atoms with Crippen LogP contribution in [0.4, 0.5) is 4.79 Å². The van der Waals surface area contributed by atoms with Crippen LogP contribution in [-0.2, 0) is 11.3 Å². The number of aliphatic carboxylic acids is 1. The Hall–Kier alpha value is -2.35. The molecule has 3 N–H and O–H groups in total. The van der Waals surface area contributed by atoms with Gasteiger partial charge in [0.15, 0.2) is 0 Å². The van der Waals surface area contributed by atoms with E-state index in [1.807, 2.05) is 37.8 Å². The lowest BCUT2D eigenvalue weighted by Gasteiger charge is -2.42. The smallest absolute Gasteiger partial charge is 0.317 e. The lowest BCUT2D eigenvalue weighted by atomic mass is 9.85. The van der Waals surface area contributed by atoms with Gasteiger partial charge in [-0.05, 0) is 44.4 Å². The van der Waals surface area contributed by atoms with Gasteiger partial charge in [-0.25, -0.2) is 9.78 Å². The first kappa shape index (κ1) is 21.0. The summed E-state index contributed by atoms with van der Waals surface area (Å²) in [6.07, 6.45) is 4.22. The van der Waals surface area contributed by atoms with Crippen LogP contribution in [0.5, 0.6) is 5.88 Å². The number of aromatic nitrogens is 1. The highest BCUT2D eigenvalue weighted by atomic mass is 16.5. The van der Waals surface area contributed by atoms with Crippen LogP contribution >= 0.6 is 0 Å². The van der Waals surface area contributed by atoms with Gasteiger partial charge in [0, 0.05) is 30.9 Å². The monoisotopic (exact) mass is 378 g/mol. The molecule has 0 saturated heterocycles. The average Bonchev–Trinajstić information content (AvgIpc) is 2.61. The van der Waals surface area contributed by atoms with Gasteiger partial charge in [0.25, 0.3) is 0 Å². The third-order valence-corrected chi connectivity index (χ3v) is 4.86. The van der Waals surface area contributed by atoms with E-state index >= 15 is 0 Å². The number of carbonyl (C=O) groups excluding carboxylic acids is 1. The number of hydrogen-bond acceptors (Lipinski definition) is 5. The van der Waals surface area contributed by atoms with Crippen LogP contribution in [0.1, 0.15) is 45.6 Å². The molecular weight excluding hydrogens is 348 g/mol. The van der Waals surface area contributed by atoms with Crippen molar-refractivity contribution in [3.63, 3.8) is 0 Å². The van der Waals surface area contributed by atoms with Crippen molar-refractivity contribution in [3.05, 3.63) is 23.9 Å². The van der Waals surface area contributed by atoms with Crippen molar-refractivity contribution in [1.29, 1.82) is 0 Å². The van der Waals surface area contributed by atoms with E-state index in [2.05, 4.69) is 15.6 Å². The third kappa shape index (κ3) is 6.71. The number of ether oxygens (including phenoxy) is 1. The molecule has 1 aromatic heterocycles. The van der Waals surface area contributed by atoms with Crippen LogP contribution in [0.15, 0.2) is 18.3 Å². The van der Waals surface area contributed by atoms with E-state index < -0.39 is 5.97 Å². The molecule has 1 heterocycles. The summed E-state index contributed by atoms with van der Waals surface area (Å²) < 4.78 is 5.69. The van der Waals surface area contributed by atoms with Crippen molar-refractivity contribution in [2.75, 3.05) is 13.1 Å². The highest BCUT2D eigenvalue weighted by Gasteiger charge is 2.34. The molecule has 2 rings (SSSR count). The number of carbonyl (C=O) groups is 2. The second-order valence-corrected chi connectivity index (χ2v) is 6.95. The van der Waals surface area contributed by atoms with Gasteiger partial charge < -0.3 is 20.5 Å². The molecule has 2 amide bonds. The van der Waals surface area contributed by atoms with E-state index in [1.54, 1.807) is 6.20 Å². The zero-order chi connectivity index (χ0) is 19.8. The summed E-state index contributed by atoms with van der Waals surface area (Å²) in [4.78, 5) is 29.0. The van der Waals surface area contributed by atoms with Crippen molar-refractivity contribution < 1.29 is 19.4 Å². The van der Waals surface area contributed by atoms with Crippen LogP contribution in [0.25, 0.3) is 0 Å². The maximum Gasteiger partial charge on any atom is 0.317 e. The molecule has 8 heteroatoms. The molecule has 8 nitrogen and oxygen atoms in total. The normalized spacial score (nSPS) is 19.9. The van der Waals surface area contributed by atoms with Gasteiger partial charge in [-0.2, -0.15) is 0 Å². The minimum Gasteiger partial charge on any atom is -0.480 e. The van der Waals surface area contributed by atoms with Crippen LogP contribution in [0.3, 0.4) is 0 Å². The van der Waals surface area contributed by atoms with E-state index in [1.165, 1.54) is 0 Å². The first-order valence-electron chi connectivity index (χ1n) is 9.53. The highest BCUT2D eigenvalue weighted by molar-refractivity contribution is 5.74. The van der Waals surface area contributed by atoms with E-state index in [0.717, 1.165) is 24.8 Å². The second-order valence-electron chi connectivity index (χ2n) is 6.95. The van der Waals surface area contributed by atoms with E-state index in [-0.39, 0.29) is 30.8 Å². The Morgan fingerprint density at radius 3 is 2.78 bits per heavy atom. The highest BCUT2D eigenvalue weighted by Crippen LogP contribution is 2.25. The summed E-state index contributed by atoms with van der Waals surface area (Å²) in [5, 5.41) is 14.7. The van der Waals surface area contributed by atoms with E-state index in [9.17, 15) is 9.59 Å². The number of carboxylic acid groups (broad SMARTS) is 1. The number of carboxylic acids is 1. The van der Waals surface area contributed by atoms with E-state index in [4.69, 9.17) is 9.84 Å². The Morgan fingerprint density at radius 1 is 1.41 bits per heavy atom. The number of pyridine rings is 1. The number of nitrogens with zero attached hydrogens (tertiary/aromatic N) is 2. The molecule has 0 aliphatic heterocycles. The summed E-state index contributed by atoms with van der Waals surface area (Å²) in [5.41, 5.74) is 0.920. The zero-order valence-electron chi connectivity index (χ0n) is 16.3. The molecule has 1 aliphatic carbocycles. The molecule has 1 saturated carbocycles. The minimum absolute atomic E-state index is 0.0448. The second kappa shape index (κ2) is 10.1. The molecule has 1 aromatic rings. The number of urea groups is 1. The van der Waals surface area contributed by atoms with Crippen molar-refractivity contribution >= 4 is 12.0 Å². The molecular formula is C19H30N4O4. The number of amides is 2. The molecule has 1 fully saturated rings. The summed E-state index contributed by atoms with van der Waals surface area (Å²) in [5.74, 6) is -0.260. The molecule has 0 radical (unpaired) electrons. The lowest BCUT2D eigenvalue weighted by molar-refractivity contribution is -0.139. The standard InChI is InChI=1S/C19H30N4O4/c1-4-13(3)27-17-8-14(6-7-20-17)11-21-19(26)22-15-9-16(10-15)23(5-2)12-18(24)25/h6-8,13,15-16H,4-5,9-12H2,1-3H3,(H,24,25)(H2,21,22,26). The van der Waals surface area contributed by atoms with Gasteiger partial charge in [0.05, 0.1) is 12.6 Å². The first-order chi connectivity index (χ1) is 12.9. The number of rotatable bonds is 10. The molecule has 1 aliphatic rings. The Morgan fingerprint density at radius 2 is 2.15 bits per heavy atom. The molecule has 1 unspecified atom stereocenters. The zero-order valence-corrected chi connectivity index (χ0v) is 16.3. The number of likely N-dealkylation sites (N-methyl/N-ethyl adjacent to an activating group) is 1. The molecule has 0 spiro atoms.